The highest BCUT2D eigenvalue weighted by Gasteiger charge is 2.08. The third-order valence-corrected chi connectivity index (χ3v) is 4.21. The zero-order chi connectivity index (χ0) is 15.7. The molecule has 22 heavy (non-hydrogen) atoms. The van der Waals surface area contributed by atoms with Gasteiger partial charge in [0.05, 0.1) is 10.2 Å². The Hall–Kier alpha value is -2.53. The van der Waals surface area contributed by atoms with Gasteiger partial charge in [-0.3, -0.25) is 9.59 Å². The number of thiazole rings is 1. The lowest BCUT2D eigenvalue weighted by molar-refractivity contribution is -0.114. The highest BCUT2D eigenvalue weighted by Crippen LogP contribution is 2.30. The maximum atomic E-state index is 11.5. The van der Waals surface area contributed by atoms with Crippen molar-refractivity contribution in [3.63, 3.8) is 0 Å². The van der Waals surface area contributed by atoms with Crippen LogP contribution in [0.2, 0.25) is 0 Å². The van der Waals surface area contributed by atoms with Crippen LogP contribution in [0.25, 0.3) is 21.3 Å². The van der Waals surface area contributed by atoms with Crippen molar-refractivity contribution in [2.24, 2.45) is 0 Å². The van der Waals surface area contributed by atoms with Gasteiger partial charge in [-0.2, -0.15) is 0 Å². The second-order valence-corrected chi connectivity index (χ2v) is 6.05. The number of anilines is 1. The van der Waals surface area contributed by atoms with Gasteiger partial charge in [0, 0.05) is 12.5 Å². The molecule has 4 nitrogen and oxygen atoms in total. The van der Waals surface area contributed by atoms with E-state index in [2.05, 4.69) is 10.3 Å². The Morgan fingerprint density at radius 2 is 1.82 bits per heavy atom. The summed E-state index contributed by atoms with van der Waals surface area (Å²) in [5, 5.41) is 3.30. The van der Waals surface area contributed by atoms with Crippen LogP contribution in [0.4, 0.5) is 5.13 Å². The molecule has 2 aromatic carbocycles. The molecule has 3 aromatic rings. The number of nitrogens with one attached hydrogen (secondary N) is 1. The van der Waals surface area contributed by atoms with Gasteiger partial charge in [0.25, 0.3) is 0 Å². The Kier molecular flexibility index (Phi) is 3.73. The van der Waals surface area contributed by atoms with E-state index in [0.717, 1.165) is 21.3 Å². The number of Topliss-reactive ketones (excluding diaryl/α,β-unsaturated/α-hetero) is 1. The largest absolute Gasteiger partial charge is 0.302 e. The molecule has 110 valence electrons. The van der Waals surface area contributed by atoms with Gasteiger partial charge in [0.1, 0.15) is 0 Å². The molecule has 0 spiro atoms. The highest BCUT2D eigenvalue weighted by atomic mass is 32.1. The zero-order valence-corrected chi connectivity index (χ0v) is 13.0. The lowest BCUT2D eigenvalue weighted by Crippen LogP contribution is -2.04. The number of amides is 1. The van der Waals surface area contributed by atoms with Gasteiger partial charge in [0.2, 0.25) is 5.91 Å². The second kappa shape index (κ2) is 5.69. The average molecular weight is 310 g/mol. The molecule has 0 aliphatic rings. The molecular weight excluding hydrogens is 296 g/mol. The Labute approximate surface area is 131 Å². The fourth-order valence-corrected chi connectivity index (χ4v) is 3.18. The average Bonchev–Trinajstić information content (AvgIpc) is 2.87. The van der Waals surface area contributed by atoms with Crippen LogP contribution in [0, 0.1) is 0 Å². The molecule has 0 aliphatic heterocycles. The number of aromatic nitrogens is 1. The third kappa shape index (κ3) is 2.89. The lowest BCUT2D eigenvalue weighted by atomic mass is 10.0. The Morgan fingerprint density at radius 1 is 1.05 bits per heavy atom. The lowest BCUT2D eigenvalue weighted by Gasteiger charge is -2.03. The van der Waals surface area contributed by atoms with Gasteiger partial charge in [0.15, 0.2) is 10.9 Å². The summed E-state index contributed by atoms with van der Waals surface area (Å²) in [6.07, 6.45) is 0. The van der Waals surface area contributed by atoms with Gasteiger partial charge < -0.3 is 5.32 Å². The standard InChI is InChI=1S/C17H14N2O2S/c1-10(20)12-4-3-5-13(8-12)14-6-7-15-16(9-14)22-17(19-15)18-11(2)21/h3-9H,1-2H3,(H,18,19,21). The van der Waals surface area contributed by atoms with E-state index in [9.17, 15) is 9.59 Å². The minimum absolute atomic E-state index is 0.0497. The van der Waals surface area contributed by atoms with Crippen molar-refractivity contribution in [1.29, 1.82) is 0 Å². The quantitative estimate of drug-likeness (QED) is 0.740. The SMILES string of the molecule is CC(=O)Nc1nc2ccc(-c3cccc(C(C)=O)c3)cc2s1. The minimum atomic E-state index is -0.131. The summed E-state index contributed by atoms with van der Waals surface area (Å²) in [5.41, 5.74) is 3.55. The van der Waals surface area contributed by atoms with Crippen LogP contribution in [0.5, 0.6) is 0 Å². The minimum Gasteiger partial charge on any atom is -0.302 e. The number of hydrogen-bond donors (Lipinski definition) is 1. The normalized spacial score (nSPS) is 10.6. The van der Waals surface area contributed by atoms with Crippen LogP contribution in [0.15, 0.2) is 42.5 Å². The molecule has 1 amide bonds. The second-order valence-electron chi connectivity index (χ2n) is 5.02. The van der Waals surface area contributed by atoms with E-state index in [1.54, 1.807) is 6.92 Å². The molecule has 0 radical (unpaired) electrons. The molecule has 0 aliphatic carbocycles. The van der Waals surface area contributed by atoms with E-state index >= 15 is 0 Å². The number of carbonyl (C=O) groups excluding carboxylic acids is 2. The van der Waals surface area contributed by atoms with Crippen LogP contribution >= 0.6 is 11.3 Å². The molecule has 0 bridgehead atoms. The van der Waals surface area contributed by atoms with E-state index in [0.29, 0.717) is 10.7 Å². The predicted molar refractivity (Wildman–Crippen MR) is 89.4 cm³/mol. The summed E-state index contributed by atoms with van der Waals surface area (Å²) in [7, 11) is 0. The number of hydrogen-bond acceptors (Lipinski definition) is 4. The van der Waals surface area contributed by atoms with Crippen molar-refractivity contribution in [3.8, 4) is 11.1 Å². The van der Waals surface area contributed by atoms with E-state index in [1.165, 1.54) is 18.3 Å². The number of benzene rings is 2. The first-order valence-electron chi connectivity index (χ1n) is 6.82. The first-order chi connectivity index (χ1) is 10.5. The monoisotopic (exact) mass is 310 g/mol. The Bertz CT molecular complexity index is 883. The summed E-state index contributed by atoms with van der Waals surface area (Å²) in [6.45, 7) is 3.02. The van der Waals surface area contributed by atoms with Crippen molar-refractivity contribution in [2.75, 3.05) is 5.32 Å². The predicted octanol–water partition coefficient (Wildman–Crippen LogP) is 4.12. The third-order valence-electron chi connectivity index (χ3n) is 3.27. The highest BCUT2D eigenvalue weighted by molar-refractivity contribution is 7.22. The first kappa shape index (κ1) is 14.4. The Balaban J connectivity index is 2.02. The van der Waals surface area contributed by atoms with Crippen LogP contribution in [-0.2, 0) is 4.79 Å². The fraction of sp³-hybridized carbons (Fsp3) is 0.118. The first-order valence-corrected chi connectivity index (χ1v) is 7.64. The summed E-state index contributed by atoms with van der Waals surface area (Å²) in [5.74, 6) is -0.0814. The van der Waals surface area contributed by atoms with Crippen LogP contribution in [0.3, 0.4) is 0 Å². The summed E-state index contributed by atoms with van der Waals surface area (Å²) in [6, 6.07) is 13.5. The van der Waals surface area contributed by atoms with E-state index < -0.39 is 0 Å². The molecule has 0 atom stereocenters. The molecule has 1 aromatic heterocycles. The summed E-state index contributed by atoms with van der Waals surface area (Å²) >= 11 is 1.43. The number of rotatable bonds is 3. The zero-order valence-electron chi connectivity index (χ0n) is 12.2. The van der Waals surface area contributed by atoms with Gasteiger partial charge in [-0.05, 0) is 36.2 Å². The van der Waals surface area contributed by atoms with Gasteiger partial charge in [-0.1, -0.05) is 35.6 Å². The smallest absolute Gasteiger partial charge is 0.223 e. The van der Waals surface area contributed by atoms with Gasteiger partial charge in [-0.25, -0.2) is 4.98 Å². The van der Waals surface area contributed by atoms with Crippen LogP contribution in [0.1, 0.15) is 24.2 Å². The van der Waals surface area contributed by atoms with E-state index in [4.69, 9.17) is 0 Å². The van der Waals surface area contributed by atoms with Crippen molar-refractivity contribution in [3.05, 3.63) is 48.0 Å². The molecule has 3 rings (SSSR count). The maximum absolute atomic E-state index is 11.5. The summed E-state index contributed by atoms with van der Waals surface area (Å²) in [4.78, 5) is 27.0. The molecule has 5 heteroatoms. The van der Waals surface area contributed by atoms with E-state index in [-0.39, 0.29) is 11.7 Å². The van der Waals surface area contributed by atoms with Crippen molar-refractivity contribution >= 4 is 38.4 Å². The summed E-state index contributed by atoms with van der Waals surface area (Å²) < 4.78 is 0.995. The fourth-order valence-electron chi connectivity index (χ4n) is 2.23. The van der Waals surface area contributed by atoms with E-state index in [1.807, 2.05) is 42.5 Å². The molecule has 0 saturated carbocycles. The maximum Gasteiger partial charge on any atom is 0.223 e. The number of carbonyl (C=O) groups is 2. The van der Waals surface area contributed by atoms with Crippen LogP contribution in [-0.4, -0.2) is 16.7 Å². The molecule has 0 saturated heterocycles. The number of nitrogens with zero attached hydrogens (tertiary/aromatic N) is 1. The molecular formula is C17H14N2O2S. The Morgan fingerprint density at radius 3 is 2.55 bits per heavy atom. The van der Waals surface area contributed by atoms with Crippen molar-refractivity contribution in [1.82, 2.24) is 4.98 Å². The van der Waals surface area contributed by atoms with Crippen LogP contribution < -0.4 is 5.32 Å². The molecule has 0 unspecified atom stereocenters. The van der Waals surface area contributed by atoms with Crippen molar-refractivity contribution in [2.45, 2.75) is 13.8 Å². The van der Waals surface area contributed by atoms with Gasteiger partial charge >= 0.3 is 0 Å². The molecule has 0 fully saturated rings. The molecule has 1 N–H and O–H groups in total. The topological polar surface area (TPSA) is 59.1 Å². The van der Waals surface area contributed by atoms with Crippen molar-refractivity contribution < 1.29 is 9.59 Å². The number of fused-ring (bicyclic) bond motifs is 1. The van der Waals surface area contributed by atoms with Gasteiger partial charge in [-0.15, -0.1) is 0 Å². The molecule has 1 heterocycles. The number of ketones is 1.